The molecule has 1 heterocycles. The largest absolute Gasteiger partial charge is 0.268 e. The summed E-state index contributed by atoms with van der Waals surface area (Å²) in [4.78, 5) is 17.9. The quantitative estimate of drug-likeness (QED) is 0.363. The van der Waals surface area contributed by atoms with Crippen LogP contribution in [-0.2, 0) is 10.0 Å². The lowest BCUT2D eigenvalue weighted by Crippen LogP contribution is -2.26. The molecule has 0 aliphatic heterocycles. The summed E-state index contributed by atoms with van der Waals surface area (Å²) in [6, 6.07) is 10.8. The molecule has 6 nitrogen and oxygen atoms in total. The minimum absolute atomic E-state index is 0.186. The predicted octanol–water partition coefficient (Wildman–Crippen LogP) is 3.30. The summed E-state index contributed by atoms with van der Waals surface area (Å²) in [6.45, 7) is 4.18. The second-order valence-electron chi connectivity index (χ2n) is 6.43. The molecule has 148 valence electrons. The van der Waals surface area contributed by atoms with Gasteiger partial charge in [0.25, 0.3) is 5.56 Å². The van der Waals surface area contributed by atoms with Crippen molar-refractivity contribution in [2.45, 2.75) is 19.0 Å². The maximum Gasteiger partial charge on any atom is 0.266 e. The van der Waals surface area contributed by atoms with E-state index in [1.807, 2.05) is 32.0 Å². The zero-order valence-electron chi connectivity index (χ0n) is 15.7. The van der Waals surface area contributed by atoms with Gasteiger partial charge < -0.3 is 0 Å². The van der Waals surface area contributed by atoms with Crippen molar-refractivity contribution < 1.29 is 8.42 Å². The zero-order valence-corrected chi connectivity index (χ0v) is 18.1. The van der Waals surface area contributed by atoms with E-state index in [-0.39, 0.29) is 12.1 Å². The average Bonchev–Trinajstić information content (AvgIpc) is 2.61. The first kappa shape index (κ1) is 20.9. The molecule has 0 fully saturated rings. The highest BCUT2D eigenvalue weighted by Gasteiger charge is 2.16. The van der Waals surface area contributed by atoms with E-state index in [0.717, 1.165) is 23.1 Å². The van der Waals surface area contributed by atoms with Gasteiger partial charge in [-0.3, -0.25) is 9.36 Å². The van der Waals surface area contributed by atoms with E-state index < -0.39 is 10.0 Å². The van der Waals surface area contributed by atoms with Crippen LogP contribution in [0.2, 0.25) is 5.02 Å². The van der Waals surface area contributed by atoms with Gasteiger partial charge in [0.1, 0.15) is 0 Å². The fraction of sp³-hybridized carbons (Fsp3) is 0.263. The summed E-state index contributed by atoms with van der Waals surface area (Å²) in [5.41, 5.74) is 3.13. The van der Waals surface area contributed by atoms with E-state index in [4.69, 9.17) is 11.6 Å². The Kier molecular flexibility index (Phi) is 6.14. The standard InChI is InChI=1S/C19H20ClN3O3S2/c1-12-5-4-6-17(13(12)2)23-18(24)15-8-7-14(20)11-16(15)22-19(23)27-10-9-21-28(3,25)26/h4-8,11,21H,9-10H2,1-3H3. The molecule has 0 saturated carbocycles. The molecule has 0 aliphatic rings. The van der Waals surface area contributed by atoms with Gasteiger partial charge in [-0.1, -0.05) is 35.5 Å². The number of aromatic nitrogens is 2. The lowest BCUT2D eigenvalue weighted by Gasteiger charge is -2.16. The van der Waals surface area contributed by atoms with Gasteiger partial charge in [-0.2, -0.15) is 0 Å². The summed E-state index contributed by atoms with van der Waals surface area (Å²) in [7, 11) is -3.27. The summed E-state index contributed by atoms with van der Waals surface area (Å²) >= 11 is 7.38. The second kappa shape index (κ2) is 8.24. The van der Waals surface area contributed by atoms with Crippen LogP contribution >= 0.6 is 23.4 Å². The minimum atomic E-state index is -3.27. The summed E-state index contributed by atoms with van der Waals surface area (Å²) in [6.07, 6.45) is 1.11. The van der Waals surface area contributed by atoms with Crippen LogP contribution < -0.4 is 10.3 Å². The van der Waals surface area contributed by atoms with Crippen molar-refractivity contribution in [2.75, 3.05) is 18.6 Å². The lowest BCUT2D eigenvalue weighted by atomic mass is 10.1. The van der Waals surface area contributed by atoms with Crippen molar-refractivity contribution in [3.05, 3.63) is 62.9 Å². The van der Waals surface area contributed by atoms with E-state index in [1.54, 1.807) is 22.8 Å². The first-order chi connectivity index (χ1) is 13.2. The Bertz CT molecular complexity index is 1210. The number of aryl methyl sites for hydroxylation is 1. The zero-order chi connectivity index (χ0) is 20.5. The fourth-order valence-electron chi connectivity index (χ4n) is 2.80. The molecule has 3 rings (SSSR count). The number of nitrogens with one attached hydrogen (secondary N) is 1. The number of benzene rings is 2. The molecule has 0 aliphatic carbocycles. The molecule has 0 radical (unpaired) electrons. The van der Waals surface area contributed by atoms with Crippen molar-refractivity contribution >= 4 is 44.3 Å². The maximum absolute atomic E-state index is 13.3. The first-order valence-corrected chi connectivity index (χ1v) is 11.8. The van der Waals surface area contributed by atoms with E-state index in [0.29, 0.717) is 26.8 Å². The van der Waals surface area contributed by atoms with Crippen molar-refractivity contribution in [2.24, 2.45) is 0 Å². The highest BCUT2D eigenvalue weighted by molar-refractivity contribution is 7.99. The Morgan fingerprint density at radius 1 is 1.21 bits per heavy atom. The Morgan fingerprint density at radius 2 is 1.96 bits per heavy atom. The predicted molar refractivity (Wildman–Crippen MR) is 115 cm³/mol. The van der Waals surface area contributed by atoms with Crippen LogP contribution in [0.15, 0.2) is 46.3 Å². The van der Waals surface area contributed by atoms with Gasteiger partial charge in [0.2, 0.25) is 10.0 Å². The van der Waals surface area contributed by atoms with Crippen LogP contribution in [-0.4, -0.2) is 36.5 Å². The maximum atomic E-state index is 13.3. The summed E-state index contributed by atoms with van der Waals surface area (Å²) in [5, 5.41) is 1.46. The molecular weight excluding hydrogens is 418 g/mol. The summed E-state index contributed by atoms with van der Waals surface area (Å²) < 4.78 is 26.6. The topological polar surface area (TPSA) is 81.1 Å². The molecule has 0 spiro atoms. The smallest absolute Gasteiger partial charge is 0.266 e. The molecule has 3 aromatic rings. The molecule has 0 saturated heterocycles. The van der Waals surface area contributed by atoms with Crippen LogP contribution in [0, 0.1) is 13.8 Å². The molecule has 9 heteroatoms. The molecular formula is C19H20ClN3O3S2. The normalized spacial score (nSPS) is 11.9. The number of halogens is 1. The number of sulfonamides is 1. The third-order valence-corrected chi connectivity index (χ3v) is 6.22. The highest BCUT2D eigenvalue weighted by atomic mass is 35.5. The molecule has 0 amide bonds. The minimum Gasteiger partial charge on any atom is -0.268 e. The van der Waals surface area contributed by atoms with Gasteiger partial charge in [-0.25, -0.2) is 18.1 Å². The van der Waals surface area contributed by atoms with Crippen LogP contribution in [0.3, 0.4) is 0 Å². The molecule has 1 aromatic heterocycles. The fourth-order valence-corrected chi connectivity index (χ4v) is 4.42. The Labute approximate surface area is 173 Å². The van der Waals surface area contributed by atoms with E-state index in [9.17, 15) is 13.2 Å². The van der Waals surface area contributed by atoms with Gasteiger partial charge in [0.05, 0.1) is 22.8 Å². The Morgan fingerprint density at radius 3 is 2.68 bits per heavy atom. The molecule has 0 atom stereocenters. The first-order valence-electron chi connectivity index (χ1n) is 8.54. The van der Waals surface area contributed by atoms with Crippen LogP contribution in [0.25, 0.3) is 16.6 Å². The molecule has 2 aromatic carbocycles. The van der Waals surface area contributed by atoms with Gasteiger partial charge in [-0.05, 0) is 49.2 Å². The molecule has 28 heavy (non-hydrogen) atoms. The number of rotatable bonds is 6. The highest BCUT2D eigenvalue weighted by Crippen LogP contribution is 2.25. The van der Waals surface area contributed by atoms with Crippen molar-refractivity contribution in [1.29, 1.82) is 0 Å². The van der Waals surface area contributed by atoms with E-state index >= 15 is 0 Å². The van der Waals surface area contributed by atoms with E-state index in [1.165, 1.54) is 11.8 Å². The monoisotopic (exact) mass is 437 g/mol. The number of hydrogen-bond donors (Lipinski definition) is 1. The van der Waals surface area contributed by atoms with Crippen molar-refractivity contribution in [3.8, 4) is 5.69 Å². The van der Waals surface area contributed by atoms with Gasteiger partial charge in [0.15, 0.2) is 5.16 Å². The molecule has 0 bridgehead atoms. The Balaban J connectivity index is 2.13. The third kappa shape index (κ3) is 4.57. The number of nitrogens with zero attached hydrogens (tertiary/aromatic N) is 2. The second-order valence-corrected chi connectivity index (χ2v) is 9.76. The SMILES string of the molecule is Cc1cccc(-n2c(SCCNS(C)(=O)=O)nc3cc(Cl)ccc3c2=O)c1C. The van der Waals surface area contributed by atoms with Crippen LogP contribution in [0.4, 0.5) is 0 Å². The summed E-state index contributed by atoms with van der Waals surface area (Å²) in [5.74, 6) is 0.427. The third-order valence-electron chi connectivity index (χ3n) is 4.32. The van der Waals surface area contributed by atoms with Crippen LogP contribution in [0.5, 0.6) is 0 Å². The van der Waals surface area contributed by atoms with Crippen molar-refractivity contribution in [1.82, 2.24) is 14.3 Å². The number of thioether (sulfide) groups is 1. The van der Waals surface area contributed by atoms with E-state index in [2.05, 4.69) is 9.71 Å². The van der Waals surface area contributed by atoms with Gasteiger partial charge >= 0.3 is 0 Å². The van der Waals surface area contributed by atoms with Crippen molar-refractivity contribution in [3.63, 3.8) is 0 Å². The molecule has 1 N–H and O–H groups in total. The average molecular weight is 438 g/mol. The van der Waals surface area contributed by atoms with Crippen LogP contribution in [0.1, 0.15) is 11.1 Å². The number of fused-ring (bicyclic) bond motifs is 1. The molecule has 0 unspecified atom stereocenters. The Hall–Kier alpha value is -1.87. The number of hydrogen-bond acceptors (Lipinski definition) is 5. The van der Waals surface area contributed by atoms with Gasteiger partial charge in [-0.15, -0.1) is 0 Å². The van der Waals surface area contributed by atoms with Gasteiger partial charge in [0, 0.05) is 17.3 Å². The lowest BCUT2D eigenvalue weighted by molar-refractivity contribution is 0.590.